The second-order valence-electron chi connectivity index (χ2n) is 5.04. The first-order chi connectivity index (χ1) is 11.1. The first kappa shape index (κ1) is 19.6. The molecule has 1 aliphatic rings. The number of hydrogen-bond donors (Lipinski definition) is 0. The van der Waals surface area contributed by atoms with Crippen molar-refractivity contribution in [3.63, 3.8) is 0 Å². The molecule has 0 radical (unpaired) electrons. The highest BCUT2D eigenvalue weighted by atomic mass is 16.7. The molecule has 1 aliphatic heterocycles. The van der Waals surface area contributed by atoms with Crippen LogP contribution in [0.25, 0.3) is 0 Å². The number of hydrogen-bond acceptors (Lipinski definition) is 9. The standard InChI is InChI=1S/C15H20O9/c1-6-11-12(20-7(2)16)13(21-8(3)17)14(22-9(4)18)15(24-11)23-10(5)19/h6,11-15H,1H2,2-5H3/t11-,12+,13+,14-,15?/m0/s1. The number of carbonyl (C=O) groups excluding carboxylic acids is 4. The maximum absolute atomic E-state index is 11.4. The Hall–Kier alpha value is -2.42. The summed E-state index contributed by atoms with van der Waals surface area (Å²) >= 11 is 0. The van der Waals surface area contributed by atoms with Crippen molar-refractivity contribution in [2.75, 3.05) is 0 Å². The zero-order valence-corrected chi connectivity index (χ0v) is 13.8. The van der Waals surface area contributed by atoms with Crippen LogP contribution in [0.2, 0.25) is 0 Å². The summed E-state index contributed by atoms with van der Waals surface area (Å²) in [6, 6.07) is 0. The quantitative estimate of drug-likeness (QED) is 0.393. The van der Waals surface area contributed by atoms with Gasteiger partial charge in [-0.1, -0.05) is 6.08 Å². The lowest BCUT2D eigenvalue weighted by atomic mass is 9.98. The van der Waals surface area contributed by atoms with Crippen molar-refractivity contribution in [3.05, 3.63) is 12.7 Å². The van der Waals surface area contributed by atoms with Crippen molar-refractivity contribution in [1.82, 2.24) is 0 Å². The van der Waals surface area contributed by atoms with E-state index in [0.29, 0.717) is 0 Å². The largest absolute Gasteiger partial charge is 0.455 e. The molecular weight excluding hydrogens is 324 g/mol. The van der Waals surface area contributed by atoms with Crippen molar-refractivity contribution < 1.29 is 42.9 Å². The van der Waals surface area contributed by atoms with Crippen LogP contribution in [0.15, 0.2) is 12.7 Å². The van der Waals surface area contributed by atoms with E-state index in [2.05, 4.69) is 6.58 Å². The molecule has 0 N–H and O–H groups in total. The first-order valence-electron chi connectivity index (χ1n) is 7.12. The molecule has 5 atom stereocenters. The van der Waals surface area contributed by atoms with Crippen LogP contribution in [0.4, 0.5) is 0 Å². The summed E-state index contributed by atoms with van der Waals surface area (Å²) in [5, 5.41) is 0. The van der Waals surface area contributed by atoms with Gasteiger partial charge in [0, 0.05) is 27.7 Å². The molecule has 9 nitrogen and oxygen atoms in total. The highest BCUT2D eigenvalue weighted by Gasteiger charge is 2.52. The normalized spacial score (nSPS) is 29.1. The van der Waals surface area contributed by atoms with Crippen molar-refractivity contribution in [2.45, 2.75) is 58.4 Å². The smallest absolute Gasteiger partial charge is 0.305 e. The third-order valence-electron chi connectivity index (χ3n) is 2.95. The third kappa shape index (κ3) is 5.34. The second-order valence-corrected chi connectivity index (χ2v) is 5.04. The molecule has 1 unspecified atom stereocenters. The average molecular weight is 344 g/mol. The molecule has 0 aliphatic carbocycles. The summed E-state index contributed by atoms with van der Waals surface area (Å²) in [5.41, 5.74) is 0. The maximum Gasteiger partial charge on any atom is 0.305 e. The molecule has 134 valence electrons. The minimum Gasteiger partial charge on any atom is -0.455 e. The minimum atomic E-state index is -1.36. The Kier molecular flexibility index (Phi) is 6.90. The number of rotatable bonds is 5. The maximum atomic E-state index is 11.4. The van der Waals surface area contributed by atoms with Crippen LogP contribution in [-0.2, 0) is 42.9 Å². The lowest BCUT2D eigenvalue weighted by molar-refractivity contribution is -0.287. The predicted octanol–water partition coefficient (Wildman–Crippen LogP) is 0.255. The van der Waals surface area contributed by atoms with Crippen LogP contribution in [0, 0.1) is 0 Å². The Morgan fingerprint density at radius 3 is 1.58 bits per heavy atom. The number of ether oxygens (including phenoxy) is 5. The average Bonchev–Trinajstić information content (AvgIpc) is 2.42. The van der Waals surface area contributed by atoms with Crippen LogP contribution in [0.1, 0.15) is 27.7 Å². The van der Waals surface area contributed by atoms with Gasteiger partial charge in [-0.3, -0.25) is 19.2 Å². The van der Waals surface area contributed by atoms with Gasteiger partial charge in [-0.05, 0) is 0 Å². The first-order valence-corrected chi connectivity index (χ1v) is 7.12. The van der Waals surface area contributed by atoms with E-state index in [-0.39, 0.29) is 0 Å². The van der Waals surface area contributed by atoms with Crippen LogP contribution in [0.5, 0.6) is 0 Å². The fourth-order valence-corrected chi connectivity index (χ4v) is 2.25. The summed E-state index contributed by atoms with van der Waals surface area (Å²) in [7, 11) is 0. The third-order valence-corrected chi connectivity index (χ3v) is 2.95. The van der Waals surface area contributed by atoms with E-state index in [0.717, 1.165) is 27.7 Å². The van der Waals surface area contributed by atoms with Crippen LogP contribution >= 0.6 is 0 Å². The predicted molar refractivity (Wildman–Crippen MR) is 77.3 cm³/mol. The summed E-state index contributed by atoms with van der Waals surface area (Å²) in [6.07, 6.45) is -4.68. The molecule has 0 amide bonds. The summed E-state index contributed by atoms with van der Waals surface area (Å²) in [5.74, 6) is -2.80. The van der Waals surface area contributed by atoms with Crippen molar-refractivity contribution in [3.8, 4) is 0 Å². The fourth-order valence-electron chi connectivity index (χ4n) is 2.25. The van der Waals surface area contributed by atoms with Gasteiger partial charge in [0.15, 0.2) is 12.2 Å². The van der Waals surface area contributed by atoms with Crippen LogP contribution in [-0.4, -0.2) is 54.6 Å². The Labute approximate surface area is 138 Å². The minimum absolute atomic E-state index is 0.667. The molecule has 1 saturated heterocycles. The number of carbonyl (C=O) groups is 4. The zero-order chi connectivity index (χ0) is 18.4. The molecule has 1 heterocycles. The van der Waals surface area contributed by atoms with Gasteiger partial charge < -0.3 is 23.7 Å². The van der Waals surface area contributed by atoms with Gasteiger partial charge >= 0.3 is 23.9 Å². The van der Waals surface area contributed by atoms with Gasteiger partial charge in [0.2, 0.25) is 12.4 Å². The van der Waals surface area contributed by atoms with Crippen molar-refractivity contribution >= 4 is 23.9 Å². The Balaban J connectivity index is 3.25. The summed E-state index contributed by atoms with van der Waals surface area (Å²) in [4.78, 5) is 45.4. The highest BCUT2D eigenvalue weighted by Crippen LogP contribution is 2.30. The van der Waals surface area contributed by atoms with E-state index < -0.39 is 54.6 Å². The van der Waals surface area contributed by atoms with Gasteiger partial charge in [-0.2, -0.15) is 0 Å². The molecular formula is C15H20O9. The van der Waals surface area contributed by atoms with Crippen LogP contribution in [0.3, 0.4) is 0 Å². The lowest BCUT2D eigenvalue weighted by Gasteiger charge is -2.42. The van der Waals surface area contributed by atoms with E-state index >= 15 is 0 Å². The Morgan fingerprint density at radius 2 is 1.17 bits per heavy atom. The van der Waals surface area contributed by atoms with Gasteiger partial charge in [0.05, 0.1) is 0 Å². The molecule has 1 fully saturated rings. The SMILES string of the molecule is C=C[C@@H]1OC(OC(C)=O)[C@@H](OC(C)=O)[C@H](OC(C)=O)[C@@H]1OC(C)=O. The molecule has 0 aromatic heterocycles. The molecule has 1 rings (SSSR count). The molecule has 9 heteroatoms. The van der Waals surface area contributed by atoms with Gasteiger partial charge in [0.1, 0.15) is 6.10 Å². The topological polar surface area (TPSA) is 114 Å². The molecule has 24 heavy (non-hydrogen) atoms. The van der Waals surface area contributed by atoms with Gasteiger partial charge in [-0.25, -0.2) is 0 Å². The van der Waals surface area contributed by atoms with Crippen molar-refractivity contribution in [1.29, 1.82) is 0 Å². The van der Waals surface area contributed by atoms with E-state index in [9.17, 15) is 19.2 Å². The van der Waals surface area contributed by atoms with Crippen molar-refractivity contribution in [2.24, 2.45) is 0 Å². The van der Waals surface area contributed by atoms with E-state index in [1.54, 1.807) is 0 Å². The molecule has 0 spiro atoms. The highest BCUT2D eigenvalue weighted by molar-refractivity contribution is 5.69. The summed E-state index contributed by atoms with van der Waals surface area (Å²) < 4.78 is 25.8. The zero-order valence-electron chi connectivity index (χ0n) is 13.8. The van der Waals surface area contributed by atoms with E-state index in [1.807, 2.05) is 0 Å². The molecule has 0 aromatic rings. The lowest BCUT2D eigenvalue weighted by Crippen LogP contribution is -2.61. The summed E-state index contributed by atoms with van der Waals surface area (Å²) in [6.45, 7) is 8.10. The van der Waals surface area contributed by atoms with Crippen LogP contribution < -0.4 is 0 Å². The second kappa shape index (κ2) is 8.44. The monoisotopic (exact) mass is 344 g/mol. The molecule has 0 saturated carbocycles. The Morgan fingerprint density at radius 1 is 0.750 bits per heavy atom. The Bertz CT molecular complexity index is 527. The fraction of sp³-hybridized carbons (Fsp3) is 0.600. The molecule has 0 bridgehead atoms. The number of esters is 4. The van der Waals surface area contributed by atoms with Gasteiger partial charge in [-0.15, -0.1) is 6.58 Å². The van der Waals surface area contributed by atoms with Gasteiger partial charge in [0.25, 0.3) is 0 Å². The van der Waals surface area contributed by atoms with E-state index in [1.165, 1.54) is 6.08 Å². The molecule has 0 aromatic carbocycles. The van der Waals surface area contributed by atoms with E-state index in [4.69, 9.17) is 23.7 Å².